The van der Waals surface area contributed by atoms with Crippen LogP contribution in [-0.2, 0) is 0 Å². The number of hydrogen-bond donors (Lipinski definition) is 2. The molecule has 0 radical (unpaired) electrons. The number of amides is 1. The minimum Gasteiger partial charge on any atom is -0.352 e. The molecule has 0 unspecified atom stereocenters. The number of rotatable bonds is 5. The number of nitrogens with one attached hydrogen (secondary N) is 2. The van der Waals surface area contributed by atoms with Gasteiger partial charge >= 0.3 is 0 Å². The fourth-order valence-electron chi connectivity index (χ4n) is 2.65. The average Bonchev–Trinajstić information content (AvgIpc) is 2.95. The lowest BCUT2D eigenvalue weighted by Crippen LogP contribution is -2.44. The van der Waals surface area contributed by atoms with E-state index in [1.165, 1.54) is 0 Å². The Morgan fingerprint density at radius 1 is 1.39 bits per heavy atom. The van der Waals surface area contributed by atoms with Crippen molar-refractivity contribution in [2.45, 2.75) is 13.3 Å². The van der Waals surface area contributed by atoms with Gasteiger partial charge in [0.1, 0.15) is 5.56 Å². The van der Waals surface area contributed by atoms with Crippen LogP contribution in [-0.4, -0.2) is 64.7 Å². The van der Waals surface area contributed by atoms with Crippen LogP contribution >= 0.6 is 12.4 Å². The molecule has 1 saturated heterocycles. The molecule has 0 atom stereocenters. The number of carbonyl (C=O) groups is 1. The summed E-state index contributed by atoms with van der Waals surface area (Å²) in [4.78, 5) is 19.1. The Labute approximate surface area is 141 Å². The summed E-state index contributed by atoms with van der Waals surface area (Å²) in [6, 6.07) is 1.87. The maximum atomic E-state index is 12.3. The molecule has 2 N–H and O–H groups in total. The predicted molar refractivity (Wildman–Crippen MR) is 91.2 cm³/mol. The van der Waals surface area contributed by atoms with Gasteiger partial charge in [-0.1, -0.05) is 0 Å². The number of halogens is 1. The van der Waals surface area contributed by atoms with E-state index in [4.69, 9.17) is 0 Å². The Balaban J connectivity index is 0.00000192. The number of carbonyl (C=O) groups excluding carboxylic acids is 1. The normalized spacial score (nSPS) is 15.3. The zero-order valence-electron chi connectivity index (χ0n) is 13.3. The van der Waals surface area contributed by atoms with Crippen LogP contribution in [0.15, 0.2) is 18.5 Å². The molecule has 0 aromatic carbocycles. The molecule has 126 valence electrons. The molecule has 2 aromatic heterocycles. The summed E-state index contributed by atoms with van der Waals surface area (Å²) >= 11 is 0. The molecule has 1 amide bonds. The van der Waals surface area contributed by atoms with Gasteiger partial charge in [0.25, 0.3) is 5.91 Å². The van der Waals surface area contributed by atoms with Gasteiger partial charge in [0.15, 0.2) is 5.65 Å². The molecule has 0 spiro atoms. The number of aromatic nitrogens is 3. The van der Waals surface area contributed by atoms with Crippen molar-refractivity contribution in [3.8, 4) is 0 Å². The third-order valence-electron chi connectivity index (χ3n) is 3.90. The fourth-order valence-corrected chi connectivity index (χ4v) is 2.65. The van der Waals surface area contributed by atoms with E-state index in [1.807, 2.05) is 19.2 Å². The Bertz CT molecular complexity index is 652. The van der Waals surface area contributed by atoms with Crippen LogP contribution in [0, 0.1) is 6.92 Å². The van der Waals surface area contributed by atoms with Crippen molar-refractivity contribution in [1.29, 1.82) is 0 Å². The second-order valence-corrected chi connectivity index (χ2v) is 5.60. The molecule has 0 bridgehead atoms. The lowest BCUT2D eigenvalue weighted by Gasteiger charge is -2.27. The Morgan fingerprint density at radius 3 is 2.96 bits per heavy atom. The third kappa shape index (κ3) is 4.40. The van der Waals surface area contributed by atoms with Crippen molar-refractivity contribution < 1.29 is 4.79 Å². The number of aryl methyl sites for hydroxylation is 1. The molecule has 2 aromatic rings. The lowest BCUT2D eigenvalue weighted by molar-refractivity contribution is 0.0952. The highest BCUT2D eigenvalue weighted by Gasteiger charge is 2.14. The van der Waals surface area contributed by atoms with Crippen LogP contribution in [0.5, 0.6) is 0 Å². The van der Waals surface area contributed by atoms with E-state index in [0.29, 0.717) is 17.8 Å². The number of hydrogen-bond acceptors (Lipinski definition) is 5. The highest BCUT2D eigenvalue weighted by atomic mass is 35.5. The Hall–Kier alpha value is -1.70. The monoisotopic (exact) mass is 338 g/mol. The van der Waals surface area contributed by atoms with Crippen LogP contribution in [0.4, 0.5) is 0 Å². The van der Waals surface area contributed by atoms with Gasteiger partial charge in [-0.25, -0.2) is 9.50 Å². The third-order valence-corrected chi connectivity index (χ3v) is 3.90. The van der Waals surface area contributed by atoms with Gasteiger partial charge in [-0.15, -0.1) is 12.4 Å². The molecular formula is C15H23ClN6O. The van der Waals surface area contributed by atoms with Crippen LogP contribution in [0.3, 0.4) is 0 Å². The van der Waals surface area contributed by atoms with E-state index >= 15 is 0 Å². The molecule has 1 aliphatic heterocycles. The van der Waals surface area contributed by atoms with E-state index in [9.17, 15) is 4.79 Å². The first-order chi connectivity index (χ1) is 10.7. The summed E-state index contributed by atoms with van der Waals surface area (Å²) in [5.41, 5.74) is 2.02. The molecular weight excluding hydrogens is 316 g/mol. The first-order valence-corrected chi connectivity index (χ1v) is 7.76. The largest absolute Gasteiger partial charge is 0.352 e. The first-order valence-electron chi connectivity index (χ1n) is 7.76. The summed E-state index contributed by atoms with van der Waals surface area (Å²) in [7, 11) is 0. The first kappa shape index (κ1) is 17.7. The van der Waals surface area contributed by atoms with Gasteiger partial charge in [-0.3, -0.25) is 4.79 Å². The van der Waals surface area contributed by atoms with Crippen molar-refractivity contribution in [3.63, 3.8) is 0 Å². The molecule has 0 aliphatic carbocycles. The van der Waals surface area contributed by atoms with Gasteiger partial charge in [0.05, 0.1) is 6.20 Å². The summed E-state index contributed by atoms with van der Waals surface area (Å²) in [6.07, 6.45) is 4.35. The van der Waals surface area contributed by atoms with E-state index in [-0.39, 0.29) is 18.3 Å². The number of piperazine rings is 1. The average molecular weight is 339 g/mol. The van der Waals surface area contributed by atoms with Crippen LogP contribution < -0.4 is 10.6 Å². The maximum absolute atomic E-state index is 12.3. The van der Waals surface area contributed by atoms with Crippen molar-refractivity contribution in [2.75, 3.05) is 39.3 Å². The van der Waals surface area contributed by atoms with E-state index < -0.39 is 0 Å². The highest BCUT2D eigenvalue weighted by molar-refractivity contribution is 5.99. The smallest absolute Gasteiger partial charge is 0.256 e. The predicted octanol–water partition coefficient (Wildman–Crippen LogP) is 0.485. The van der Waals surface area contributed by atoms with Crippen molar-refractivity contribution >= 4 is 24.0 Å². The summed E-state index contributed by atoms with van der Waals surface area (Å²) in [5, 5.41) is 10.5. The molecule has 7 nitrogen and oxygen atoms in total. The summed E-state index contributed by atoms with van der Waals surface area (Å²) < 4.78 is 1.63. The zero-order valence-corrected chi connectivity index (χ0v) is 14.1. The Kier molecular flexibility index (Phi) is 6.32. The highest BCUT2D eigenvalue weighted by Crippen LogP contribution is 2.08. The molecule has 3 rings (SSSR count). The number of fused-ring (bicyclic) bond motifs is 1. The molecule has 23 heavy (non-hydrogen) atoms. The van der Waals surface area contributed by atoms with E-state index in [1.54, 1.807) is 10.7 Å². The summed E-state index contributed by atoms with van der Waals surface area (Å²) in [5.74, 6) is -0.103. The van der Waals surface area contributed by atoms with Crippen LogP contribution in [0.2, 0.25) is 0 Å². The van der Waals surface area contributed by atoms with Crippen LogP contribution in [0.25, 0.3) is 5.65 Å². The van der Waals surface area contributed by atoms with Gasteiger partial charge in [-0.2, -0.15) is 5.10 Å². The maximum Gasteiger partial charge on any atom is 0.256 e. The molecule has 1 aliphatic rings. The van der Waals surface area contributed by atoms with Crippen molar-refractivity contribution in [3.05, 3.63) is 29.7 Å². The lowest BCUT2D eigenvalue weighted by atomic mass is 10.3. The second kappa shape index (κ2) is 8.24. The minimum absolute atomic E-state index is 0. The van der Waals surface area contributed by atoms with Gasteiger partial charge in [0.2, 0.25) is 0 Å². The standard InChI is InChI=1S/C15H22N6O.ClH/c1-12-3-8-21-14(19-12)13(11-18-21)15(22)17-4-2-7-20-9-5-16-6-10-20;/h3,8,11,16H,2,4-7,9-10H2,1H3,(H,17,22);1H. The Morgan fingerprint density at radius 2 is 2.17 bits per heavy atom. The molecule has 8 heteroatoms. The zero-order chi connectivity index (χ0) is 15.4. The van der Waals surface area contributed by atoms with Gasteiger partial charge in [-0.05, 0) is 26.0 Å². The van der Waals surface area contributed by atoms with Crippen LogP contribution in [0.1, 0.15) is 22.5 Å². The van der Waals surface area contributed by atoms with Crippen molar-refractivity contribution in [1.82, 2.24) is 30.1 Å². The SMILES string of the molecule is Cc1ccn2ncc(C(=O)NCCCN3CCNCC3)c2n1.Cl. The van der Waals surface area contributed by atoms with E-state index in [2.05, 4.69) is 25.6 Å². The topological polar surface area (TPSA) is 74.6 Å². The van der Waals surface area contributed by atoms with Gasteiger partial charge < -0.3 is 15.5 Å². The second-order valence-electron chi connectivity index (χ2n) is 5.60. The fraction of sp³-hybridized carbons (Fsp3) is 0.533. The quantitative estimate of drug-likeness (QED) is 0.776. The molecule has 0 saturated carbocycles. The number of nitrogens with zero attached hydrogens (tertiary/aromatic N) is 4. The summed E-state index contributed by atoms with van der Waals surface area (Å²) in [6.45, 7) is 7.89. The van der Waals surface area contributed by atoms with Gasteiger partial charge in [0, 0.05) is 44.6 Å². The minimum atomic E-state index is -0.103. The molecule has 1 fully saturated rings. The van der Waals surface area contributed by atoms with Crippen molar-refractivity contribution in [2.24, 2.45) is 0 Å². The van der Waals surface area contributed by atoms with E-state index in [0.717, 1.165) is 44.8 Å². The molecule has 3 heterocycles.